The van der Waals surface area contributed by atoms with E-state index in [4.69, 9.17) is 9.16 Å². The van der Waals surface area contributed by atoms with Gasteiger partial charge in [0.05, 0.1) is 7.11 Å². The van der Waals surface area contributed by atoms with Gasteiger partial charge >= 0.3 is 7.12 Å². The lowest BCUT2D eigenvalue weighted by molar-refractivity contribution is 0.400. The van der Waals surface area contributed by atoms with Crippen molar-refractivity contribution in [3.05, 3.63) is 18.2 Å². The van der Waals surface area contributed by atoms with Gasteiger partial charge in [0, 0.05) is 11.5 Å². The van der Waals surface area contributed by atoms with Crippen LogP contribution in [0.1, 0.15) is 20.8 Å². The quantitative estimate of drug-likeness (QED) is 0.826. The summed E-state index contributed by atoms with van der Waals surface area (Å²) in [6.07, 6.45) is 0. The highest BCUT2D eigenvalue weighted by Gasteiger charge is 2.39. The molecule has 0 bridgehead atoms. The minimum Gasteiger partial charge on any atom is -0.543 e. The Morgan fingerprint density at radius 2 is 1.74 bits per heavy atom. The first kappa shape index (κ1) is 16.1. The average Bonchev–Trinajstić information content (AvgIpc) is 2.26. The predicted octanol–water partition coefficient (Wildman–Crippen LogP) is 1.76. The second-order valence-corrected chi connectivity index (χ2v) is 10.9. The fourth-order valence-corrected chi connectivity index (χ4v) is 2.44. The van der Waals surface area contributed by atoms with Crippen LogP contribution >= 0.6 is 0 Å². The van der Waals surface area contributed by atoms with Crippen molar-refractivity contribution in [3.8, 4) is 11.5 Å². The van der Waals surface area contributed by atoms with Gasteiger partial charge in [-0.1, -0.05) is 26.8 Å². The van der Waals surface area contributed by atoms with Crippen molar-refractivity contribution in [2.24, 2.45) is 0 Å². The van der Waals surface area contributed by atoms with Crippen LogP contribution in [0, 0.1) is 0 Å². The predicted molar refractivity (Wildman–Crippen MR) is 80.6 cm³/mol. The largest absolute Gasteiger partial charge is 0.543 e. The molecule has 19 heavy (non-hydrogen) atoms. The van der Waals surface area contributed by atoms with Gasteiger partial charge in [0.1, 0.15) is 11.5 Å². The number of ether oxygens (including phenoxy) is 1. The highest BCUT2D eigenvalue weighted by atomic mass is 28.4. The molecule has 0 spiro atoms. The van der Waals surface area contributed by atoms with Crippen LogP contribution in [0.4, 0.5) is 0 Å². The molecule has 0 radical (unpaired) electrons. The first-order valence-electron chi connectivity index (χ1n) is 6.31. The minimum absolute atomic E-state index is 0.107. The fourth-order valence-electron chi connectivity index (χ4n) is 1.42. The Labute approximate surface area is 116 Å². The van der Waals surface area contributed by atoms with Gasteiger partial charge < -0.3 is 19.2 Å². The zero-order valence-corrected chi connectivity index (χ0v) is 13.5. The summed E-state index contributed by atoms with van der Waals surface area (Å²) < 4.78 is 11.3. The zero-order chi connectivity index (χ0) is 14.8. The van der Waals surface area contributed by atoms with Crippen LogP contribution in [0.25, 0.3) is 0 Å². The number of rotatable bonds is 4. The summed E-state index contributed by atoms with van der Waals surface area (Å²) in [5.74, 6) is 1.12. The molecule has 0 saturated carbocycles. The third-order valence-corrected chi connectivity index (χ3v) is 8.02. The molecule has 4 nitrogen and oxygen atoms in total. The van der Waals surface area contributed by atoms with Crippen LogP contribution in [0.2, 0.25) is 18.1 Å². The molecule has 0 aliphatic carbocycles. The third kappa shape index (κ3) is 3.75. The summed E-state index contributed by atoms with van der Waals surface area (Å²) in [6.45, 7) is 10.8. The molecular weight excluding hydrogens is 259 g/mol. The normalized spacial score (nSPS) is 12.2. The molecule has 1 rings (SSSR count). The Balaban J connectivity index is 3.05. The van der Waals surface area contributed by atoms with Gasteiger partial charge in [-0.25, -0.2) is 0 Å². The fraction of sp³-hybridized carbons (Fsp3) is 0.538. The standard InChI is InChI=1S/C13H23BO4Si/c1-13(2,3)19(5,6)18-10-7-8-11(14(15)16)12(9-10)17-4/h7-9,15-16H,1-6H3. The smallest absolute Gasteiger partial charge is 0.492 e. The van der Waals surface area contributed by atoms with Crippen molar-refractivity contribution in [2.75, 3.05) is 7.11 Å². The minimum atomic E-state index is -1.91. The Bertz CT molecular complexity index is 441. The molecule has 6 heteroatoms. The molecular formula is C13H23BO4Si. The number of hydrogen-bond donors (Lipinski definition) is 2. The van der Waals surface area contributed by atoms with E-state index < -0.39 is 15.4 Å². The molecule has 2 N–H and O–H groups in total. The van der Waals surface area contributed by atoms with Gasteiger partial charge in [-0.15, -0.1) is 0 Å². The highest BCUT2D eigenvalue weighted by molar-refractivity contribution is 6.74. The molecule has 1 aromatic rings. The van der Waals surface area contributed by atoms with E-state index in [0.29, 0.717) is 17.0 Å². The number of methoxy groups -OCH3 is 1. The summed E-state index contributed by atoms with van der Waals surface area (Å²) in [5, 5.41) is 18.6. The Kier molecular flexibility index (Phi) is 4.71. The van der Waals surface area contributed by atoms with E-state index in [9.17, 15) is 10.0 Å². The average molecular weight is 282 g/mol. The van der Waals surface area contributed by atoms with Crippen LogP contribution in [0.15, 0.2) is 18.2 Å². The maximum absolute atomic E-state index is 9.23. The van der Waals surface area contributed by atoms with E-state index in [1.54, 1.807) is 18.2 Å². The maximum Gasteiger partial charge on any atom is 0.492 e. The third-order valence-electron chi connectivity index (χ3n) is 3.66. The van der Waals surface area contributed by atoms with Crippen LogP contribution < -0.4 is 14.6 Å². The lowest BCUT2D eigenvalue weighted by Gasteiger charge is -2.36. The van der Waals surface area contributed by atoms with Gasteiger partial charge in [-0.2, -0.15) is 0 Å². The van der Waals surface area contributed by atoms with Crippen LogP contribution in [-0.4, -0.2) is 32.6 Å². The molecule has 0 amide bonds. The Hall–Kier alpha value is -0.978. The first-order valence-corrected chi connectivity index (χ1v) is 9.22. The Morgan fingerprint density at radius 3 is 2.16 bits per heavy atom. The summed E-state index contributed by atoms with van der Waals surface area (Å²) in [6, 6.07) is 5.07. The van der Waals surface area contributed by atoms with E-state index >= 15 is 0 Å². The first-order chi connectivity index (χ1) is 8.58. The molecule has 0 atom stereocenters. The molecule has 0 heterocycles. The van der Waals surface area contributed by atoms with Gasteiger partial charge in [0.15, 0.2) is 0 Å². The van der Waals surface area contributed by atoms with Crippen LogP contribution in [-0.2, 0) is 0 Å². The second kappa shape index (κ2) is 5.56. The second-order valence-electron chi connectivity index (χ2n) is 6.14. The molecule has 0 aliphatic rings. The molecule has 1 aromatic carbocycles. The van der Waals surface area contributed by atoms with Crippen molar-refractivity contribution in [1.82, 2.24) is 0 Å². The molecule has 0 saturated heterocycles. The van der Waals surface area contributed by atoms with E-state index in [1.807, 2.05) is 0 Å². The Morgan fingerprint density at radius 1 is 1.16 bits per heavy atom. The van der Waals surface area contributed by atoms with E-state index in [0.717, 1.165) is 0 Å². The van der Waals surface area contributed by atoms with Gasteiger partial charge in [0.2, 0.25) is 8.32 Å². The maximum atomic E-state index is 9.23. The topological polar surface area (TPSA) is 58.9 Å². The summed E-state index contributed by atoms with van der Waals surface area (Å²) in [7, 11) is -1.95. The molecule has 0 aliphatic heterocycles. The summed E-state index contributed by atoms with van der Waals surface area (Å²) in [5.41, 5.74) is 0.338. The van der Waals surface area contributed by atoms with Gasteiger partial charge in [0.25, 0.3) is 0 Å². The lowest BCUT2D eigenvalue weighted by atomic mass is 9.79. The van der Waals surface area contributed by atoms with Crippen molar-refractivity contribution in [2.45, 2.75) is 38.9 Å². The summed E-state index contributed by atoms with van der Waals surface area (Å²) >= 11 is 0. The SMILES string of the molecule is COc1cc(O[Si](C)(C)C(C)(C)C)ccc1B(O)O. The molecule has 0 fully saturated rings. The van der Waals surface area contributed by atoms with Crippen molar-refractivity contribution < 1.29 is 19.2 Å². The van der Waals surface area contributed by atoms with E-state index in [1.165, 1.54) is 7.11 Å². The number of hydrogen-bond acceptors (Lipinski definition) is 4. The zero-order valence-electron chi connectivity index (χ0n) is 12.5. The van der Waals surface area contributed by atoms with E-state index in [2.05, 4.69) is 33.9 Å². The van der Waals surface area contributed by atoms with Gasteiger partial charge in [-0.3, -0.25) is 0 Å². The molecule has 0 unspecified atom stereocenters. The van der Waals surface area contributed by atoms with Crippen molar-refractivity contribution >= 4 is 20.9 Å². The molecule has 0 aromatic heterocycles. The van der Waals surface area contributed by atoms with Crippen LogP contribution in [0.3, 0.4) is 0 Å². The monoisotopic (exact) mass is 282 g/mol. The number of benzene rings is 1. The lowest BCUT2D eigenvalue weighted by Crippen LogP contribution is -2.44. The van der Waals surface area contributed by atoms with Gasteiger partial charge in [-0.05, 0) is 24.2 Å². The molecule has 106 valence electrons. The highest BCUT2D eigenvalue weighted by Crippen LogP contribution is 2.37. The van der Waals surface area contributed by atoms with E-state index in [-0.39, 0.29) is 5.04 Å². The van der Waals surface area contributed by atoms with Crippen molar-refractivity contribution in [3.63, 3.8) is 0 Å². The van der Waals surface area contributed by atoms with Crippen LogP contribution in [0.5, 0.6) is 11.5 Å². The van der Waals surface area contributed by atoms with Crippen molar-refractivity contribution in [1.29, 1.82) is 0 Å². The summed E-state index contributed by atoms with van der Waals surface area (Å²) in [4.78, 5) is 0.